The van der Waals surface area contributed by atoms with Crippen LogP contribution in [-0.2, 0) is 6.42 Å². The summed E-state index contributed by atoms with van der Waals surface area (Å²) in [6.07, 6.45) is 2.30. The van der Waals surface area contributed by atoms with Crippen LogP contribution in [0, 0.1) is 5.92 Å². The number of benzene rings is 1. The summed E-state index contributed by atoms with van der Waals surface area (Å²) in [6.45, 7) is 6.64. The van der Waals surface area contributed by atoms with Gasteiger partial charge in [0.1, 0.15) is 0 Å². The molecule has 2 heteroatoms. The molecule has 0 atom stereocenters. The van der Waals surface area contributed by atoms with Gasteiger partial charge in [0.2, 0.25) is 0 Å². The Labute approximate surface area is 97.8 Å². The molecular weight excluding hydrogens is 206 g/mol. The van der Waals surface area contributed by atoms with Crippen molar-refractivity contribution in [1.82, 2.24) is 5.32 Å². The minimum Gasteiger partial charge on any atom is -0.316 e. The van der Waals surface area contributed by atoms with E-state index in [9.17, 15) is 0 Å². The Bertz CT molecular complexity index is 284. The van der Waals surface area contributed by atoms with Crippen LogP contribution in [0.15, 0.2) is 24.3 Å². The van der Waals surface area contributed by atoms with E-state index in [0.717, 1.165) is 30.5 Å². The smallest absolute Gasteiger partial charge is 0.0408 e. The zero-order chi connectivity index (χ0) is 11.1. The summed E-state index contributed by atoms with van der Waals surface area (Å²) in [5.74, 6) is 0.781. The van der Waals surface area contributed by atoms with E-state index in [0.29, 0.717) is 0 Å². The molecule has 0 aromatic heterocycles. The van der Waals surface area contributed by atoms with Gasteiger partial charge in [0, 0.05) is 5.02 Å². The molecule has 84 valence electrons. The highest BCUT2D eigenvalue weighted by molar-refractivity contribution is 6.30. The fraction of sp³-hybridized carbons (Fsp3) is 0.538. The Hall–Kier alpha value is -0.530. The van der Waals surface area contributed by atoms with Crippen molar-refractivity contribution in [2.75, 3.05) is 13.1 Å². The second-order valence-corrected chi connectivity index (χ2v) is 4.75. The van der Waals surface area contributed by atoms with Crippen molar-refractivity contribution < 1.29 is 0 Å². The van der Waals surface area contributed by atoms with Crippen molar-refractivity contribution >= 4 is 11.6 Å². The van der Waals surface area contributed by atoms with E-state index in [1.54, 1.807) is 0 Å². The van der Waals surface area contributed by atoms with Crippen molar-refractivity contribution in [2.45, 2.75) is 26.7 Å². The van der Waals surface area contributed by atoms with Gasteiger partial charge in [-0.1, -0.05) is 37.6 Å². The Balaban J connectivity index is 2.15. The first-order chi connectivity index (χ1) is 7.18. The van der Waals surface area contributed by atoms with Crippen LogP contribution in [0.5, 0.6) is 0 Å². The largest absolute Gasteiger partial charge is 0.316 e. The number of hydrogen-bond donors (Lipinski definition) is 1. The average Bonchev–Trinajstić information content (AvgIpc) is 2.17. The number of hydrogen-bond acceptors (Lipinski definition) is 1. The zero-order valence-electron chi connectivity index (χ0n) is 9.59. The van der Waals surface area contributed by atoms with Gasteiger partial charge >= 0.3 is 0 Å². The predicted molar refractivity (Wildman–Crippen MR) is 67.5 cm³/mol. The Morgan fingerprint density at radius 2 is 2.07 bits per heavy atom. The number of nitrogens with one attached hydrogen (secondary N) is 1. The van der Waals surface area contributed by atoms with Gasteiger partial charge in [-0.15, -0.1) is 0 Å². The molecule has 1 N–H and O–H groups in total. The van der Waals surface area contributed by atoms with Crippen LogP contribution in [0.2, 0.25) is 5.02 Å². The third-order valence-electron chi connectivity index (χ3n) is 2.38. The number of halogens is 1. The van der Waals surface area contributed by atoms with Gasteiger partial charge in [0.25, 0.3) is 0 Å². The lowest BCUT2D eigenvalue weighted by molar-refractivity contribution is 0.539. The third-order valence-corrected chi connectivity index (χ3v) is 2.61. The first-order valence-electron chi connectivity index (χ1n) is 5.63. The van der Waals surface area contributed by atoms with Crippen LogP contribution in [0.1, 0.15) is 25.8 Å². The van der Waals surface area contributed by atoms with Crippen molar-refractivity contribution in [1.29, 1.82) is 0 Å². The molecule has 0 aliphatic heterocycles. The first kappa shape index (κ1) is 12.5. The zero-order valence-corrected chi connectivity index (χ0v) is 10.3. The van der Waals surface area contributed by atoms with Gasteiger partial charge in [-0.2, -0.15) is 0 Å². The van der Waals surface area contributed by atoms with Crippen molar-refractivity contribution in [3.63, 3.8) is 0 Å². The molecule has 1 rings (SSSR count). The molecule has 0 aliphatic rings. The van der Waals surface area contributed by atoms with E-state index in [2.05, 4.69) is 25.2 Å². The molecule has 0 radical (unpaired) electrons. The van der Waals surface area contributed by atoms with E-state index >= 15 is 0 Å². The van der Waals surface area contributed by atoms with Crippen molar-refractivity contribution in [3.8, 4) is 0 Å². The molecule has 0 saturated heterocycles. The quantitative estimate of drug-likeness (QED) is 0.731. The number of rotatable bonds is 6. The fourth-order valence-corrected chi connectivity index (χ4v) is 1.65. The van der Waals surface area contributed by atoms with Gasteiger partial charge in [-0.05, 0) is 49.5 Å². The molecule has 1 aromatic carbocycles. The highest BCUT2D eigenvalue weighted by Gasteiger charge is 1.95. The highest BCUT2D eigenvalue weighted by Crippen LogP contribution is 2.10. The molecule has 1 aromatic rings. The maximum atomic E-state index is 5.91. The van der Waals surface area contributed by atoms with Crippen LogP contribution < -0.4 is 5.32 Å². The van der Waals surface area contributed by atoms with Gasteiger partial charge in [-0.3, -0.25) is 0 Å². The molecule has 0 bridgehead atoms. The molecule has 15 heavy (non-hydrogen) atoms. The Morgan fingerprint density at radius 1 is 1.27 bits per heavy atom. The second-order valence-electron chi connectivity index (χ2n) is 4.31. The average molecular weight is 226 g/mol. The molecule has 0 spiro atoms. The van der Waals surface area contributed by atoms with Crippen LogP contribution in [0.3, 0.4) is 0 Å². The van der Waals surface area contributed by atoms with E-state index in [1.165, 1.54) is 12.0 Å². The van der Waals surface area contributed by atoms with E-state index in [1.807, 2.05) is 18.2 Å². The molecule has 0 unspecified atom stereocenters. The van der Waals surface area contributed by atoms with Crippen LogP contribution in [0.4, 0.5) is 0 Å². The van der Waals surface area contributed by atoms with Gasteiger partial charge in [0.15, 0.2) is 0 Å². The van der Waals surface area contributed by atoms with E-state index in [4.69, 9.17) is 11.6 Å². The molecule has 0 aliphatic carbocycles. The topological polar surface area (TPSA) is 12.0 Å². The first-order valence-corrected chi connectivity index (χ1v) is 6.01. The molecule has 1 nitrogen and oxygen atoms in total. The molecule has 0 heterocycles. The Morgan fingerprint density at radius 3 is 2.73 bits per heavy atom. The maximum absolute atomic E-state index is 5.91. The maximum Gasteiger partial charge on any atom is 0.0408 e. The molecule has 0 fully saturated rings. The van der Waals surface area contributed by atoms with Crippen LogP contribution in [-0.4, -0.2) is 13.1 Å². The van der Waals surface area contributed by atoms with E-state index in [-0.39, 0.29) is 0 Å². The van der Waals surface area contributed by atoms with Crippen LogP contribution >= 0.6 is 11.6 Å². The summed E-state index contributed by atoms with van der Waals surface area (Å²) < 4.78 is 0. The van der Waals surface area contributed by atoms with Gasteiger partial charge in [0.05, 0.1) is 0 Å². The minimum absolute atomic E-state index is 0.781. The van der Waals surface area contributed by atoms with Gasteiger partial charge in [-0.25, -0.2) is 0 Å². The Kier molecular flexibility index (Phi) is 5.74. The minimum atomic E-state index is 0.781. The van der Waals surface area contributed by atoms with Crippen LogP contribution in [0.25, 0.3) is 0 Å². The molecular formula is C13H20ClN. The molecule has 0 amide bonds. The molecule has 0 saturated carbocycles. The summed E-state index contributed by atoms with van der Waals surface area (Å²) in [5.41, 5.74) is 1.31. The lowest BCUT2D eigenvalue weighted by Gasteiger charge is -2.07. The summed E-state index contributed by atoms with van der Waals surface area (Å²) in [4.78, 5) is 0. The lowest BCUT2D eigenvalue weighted by Crippen LogP contribution is -2.19. The monoisotopic (exact) mass is 225 g/mol. The summed E-state index contributed by atoms with van der Waals surface area (Å²) in [5, 5.41) is 4.27. The highest BCUT2D eigenvalue weighted by atomic mass is 35.5. The van der Waals surface area contributed by atoms with Crippen molar-refractivity contribution in [2.24, 2.45) is 5.92 Å². The standard InChI is InChI=1S/C13H20ClN/c1-11(2)6-8-15-9-7-12-4-3-5-13(14)10-12/h3-5,10-11,15H,6-9H2,1-2H3. The van der Waals surface area contributed by atoms with Crippen molar-refractivity contribution in [3.05, 3.63) is 34.9 Å². The third kappa shape index (κ3) is 5.81. The summed E-state index contributed by atoms with van der Waals surface area (Å²) in [7, 11) is 0. The SMILES string of the molecule is CC(C)CCNCCc1cccc(Cl)c1. The second kappa shape index (κ2) is 6.86. The summed E-state index contributed by atoms with van der Waals surface area (Å²) >= 11 is 5.91. The fourth-order valence-electron chi connectivity index (χ4n) is 1.44. The predicted octanol–water partition coefficient (Wildman–Crippen LogP) is 3.52. The normalized spacial score (nSPS) is 10.9. The van der Waals surface area contributed by atoms with E-state index < -0.39 is 0 Å². The summed E-state index contributed by atoms with van der Waals surface area (Å²) in [6, 6.07) is 8.07. The lowest BCUT2D eigenvalue weighted by atomic mass is 10.1. The van der Waals surface area contributed by atoms with Gasteiger partial charge < -0.3 is 5.32 Å².